The van der Waals surface area contributed by atoms with Crippen molar-refractivity contribution in [2.75, 3.05) is 0 Å². The molecule has 7 aromatic carbocycles. The standard InChI is InChI=1S/C50H34F4/c51-45-25-17-39(18-26-45)49(40-19-27-46(52)28-20-40)33-43-7-3-1-5-37(43)15-13-35-9-11-36(12-10-35)14-16-38-6-2-4-8-44(38)34-50(41-21-29-47(53)30-22-41)42-23-31-48(54)32-24-42/h1-34H. The average Bonchev–Trinajstić information content (AvgIpc) is 3.20. The molecule has 0 saturated carbocycles. The summed E-state index contributed by atoms with van der Waals surface area (Å²) in [6, 6.07) is 49.5. The van der Waals surface area contributed by atoms with Gasteiger partial charge < -0.3 is 0 Å². The fourth-order valence-corrected chi connectivity index (χ4v) is 6.17. The van der Waals surface area contributed by atoms with Crippen LogP contribution in [-0.2, 0) is 0 Å². The van der Waals surface area contributed by atoms with Gasteiger partial charge in [0.15, 0.2) is 0 Å². The van der Waals surface area contributed by atoms with Gasteiger partial charge in [-0.15, -0.1) is 0 Å². The highest BCUT2D eigenvalue weighted by atomic mass is 19.1. The highest BCUT2D eigenvalue weighted by Crippen LogP contribution is 2.30. The normalized spacial score (nSPS) is 11.2. The lowest BCUT2D eigenvalue weighted by molar-refractivity contribution is 0.627. The summed E-state index contributed by atoms with van der Waals surface area (Å²) in [6.07, 6.45) is 12.3. The van der Waals surface area contributed by atoms with E-state index < -0.39 is 0 Å². The Labute approximate surface area is 313 Å². The van der Waals surface area contributed by atoms with Gasteiger partial charge in [-0.05, 0) is 127 Å². The molecule has 0 radical (unpaired) electrons. The first-order valence-electron chi connectivity index (χ1n) is 17.5. The monoisotopic (exact) mass is 710 g/mol. The lowest BCUT2D eigenvalue weighted by atomic mass is 9.94. The van der Waals surface area contributed by atoms with Crippen LogP contribution >= 0.6 is 0 Å². The lowest BCUT2D eigenvalue weighted by Gasteiger charge is -2.11. The Morgan fingerprint density at radius 3 is 0.815 bits per heavy atom. The summed E-state index contributed by atoms with van der Waals surface area (Å²) >= 11 is 0. The van der Waals surface area contributed by atoms with Gasteiger partial charge >= 0.3 is 0 Å². The molecule has 0 spiro atoms. The lowest BCUT2D eigenvalue weighted by Crippen LogP contribution is -1.91. The van der Waals surface area contributed by atoms with Crippen molar-refractivity contribution < 1.29 is 17.6 Å². The minimum atomic E-state index is -0.320. The predicted octanol–water partition coefficient (Wildman–Crippen LogP) is 13.8. The molecule has 7 rings (SSSR count). The van der Waals surface area contributed by atoms with Crippen LogP contribution in [0.4, 0.5) is 17.6 Å². The van der Waals surface area contributed by atoms with E-state index in [2.05, 4.69) is 48.6 Å². The van der Waals surface area contributed by atoms with E-state index in [4.69, 9.17) is 0 Å². The molecule has 0 atom stereocenters. The van der Waals surface area contributed by atoms with Crippen LogP contribution in [0, 0.1) is 23.3 Å². The third kappa shape index (κ3) is 8.98. The molecule has 0 aliphatic carbocycles. The minimum absolute atomic E-state index is 0.320. The van der Waals surface area contributed by atoms with Gasteiger partial charge in [0, 0.05) is 0 Å². The molecule has 0 bridgehead atoms. The Hall–Kier alpha value is -6.78. The molecular formula is C50H34F4. The summed E-state index contributed by atoms with van der Waals surface area (Å²) in [5.74, 6) is -1.28. The van der Waals surface area contributed by atoms with Gasteiger partial charge in [-0.2, -0.15) is 0 Å². The van der Waals surface area contributed by atoms with Crippen LogP contribution in [0.2, 0.25) is 0 Å². The first-order chi connectivity index (χ1) is 26.4. The molecule has 0 aromatic heterocycles. The molecule has 0 aliphatic rings. The van der Waals surface area contributed by atoms with Crippen molar-refractivity contribution in [3.05, 3.63) is 249 Å². The zero-order valence-electron chi connectivity index (χ0n) is 29.1. The molecule has 0 fully saturated rings. The number of hydrogen-bond donors (Lipinski definition) is 0. The maximum absolute atomic E-state index is 13.8. The second-order valence-corrected chi connectivity index (χ2v) is 12.7. The van der Waals surface area contributed by atoms with Crippen molar-refractivity contribution in [2.24, 2.45) is 0 Å². The molecule has 262 valence electrons. The van der Waals surface area contributed by atoms with Crippen molar-refractivity contribution >= 4 is 47.6 Å². The highest BCUT2D eigenvalue weighted by molar-refractivity contribution is 5.94. The van der Waals surface area contributed by atoms with Crippen molar-refractivity contribution in [1.29, 1.82) is 0 Å². The second kappa shape index (κ2) is 16.7. The number of rotatable bonds is 10. The van der Waals surface area contributed by atoms with Crippen LogP contribution in [0.5, 0.6) is 0 Å². The maximum atomic E-state index is 13.8. The smallest absolute Gasteiger partial charge is 0.123 e. The van der Waals surface area contributed by atoms with Crippen LogP contribution in [-0.4, -0.2) is 0 Å². The molecule has 4 heteroatoms. The first-order valence-corrected chi connectivity index (χ1v) is 17.5. The summed E-state index contributed by atoms with van der Waals surface area (Å²) in [4.78, 5) is 0. The SMILES string of the molecule is Fc1ccc(C(=Cc2ccccc2C=Cc2ccc(C=Cc3ccccc3C=C(c3ccc(F)cc3)c3ccc(F)cc3)cc2)c2ccc(F)cc2)cc1. The van der Waals surface area contributed by atoms with Crippen LogP contribution in [0.25, 0.3) is 47.6 Å². The molecular weight excluding hydrogens is 677 g/mol. The second-order valence-electron chi connectivity index (χ2n) is 12.7. The zero-order valence-corrected chi connectivity index (χ0v) is 29.1. The fraction of sp³-hybridized carbons (Fsp3) is 0. The minimum Gasteiger partial charge on any atom is -0.207 e. The van der Waals surface area contributed by atoms with Crippen LogP contribution in [0.15, 0.2) is 170 Å². The van der Waals surface area contributed by atoms with E-state index in [9.17, 15) is 17.6 Å². The van der Waals surface area contributed by atoms with Gasteiger partial charge in [-0.1, -0.05) is 146 Å². The van der Waals surface area contributed by atoms with E-state index in [0.29, 0.717) is 0 Å². The van der Waals surface area contributed by atoms with Gasteiger partial charge in [-0.25, -0.2) is 17.6 Å². The third-order valence-corrected chi connectivity index (χ3v) is 9.06. The van der Waals surface area contributed by atoms with Gasteiger partial charge in [-0.3, -0.25) is 0 Å². The van der Waals surface area contributed by atoms with Crippen LogP contribution in [0.1, 0.15) is 55.6 Å². The molecule has 0 N–H and O–H groups in total. The predicted molar refractivity (Wildman–Crippen MR) is 217 cm³/mol. The fourth-order valence-electron chi connectivity index (χ4n) is 6.17. The zero-order chi connectivity index (χ0) is 37.3. The Morgan fingerprint density at radius 1 is 0.278 bits per heavy atom. The van der Waals surface area contributed by atoms with E-state index in [1.807, 2.05) is 60.7 Å². The van der Waals surface area contributed by atoms with Crippen molar-refractivity contribution in [3.8, 4) is 0 Å². The number of hydrogen-bond acceptors (Lipinski definition) is 0. The van der Waals surface area contributed by atoms with Crippen LogP contribution < -0.4 is 0 Å². The van der Waals surface area contributed by atoms with E-state index >= 15 is 0 Å². The topological polar surface area (TPSA) is 0 Å². The van der Waals surface area contributed by atoms with E-state index in [0.717, 1.165) is 66.8 Å². The Kier molecular flexibility index (Phi) is 11.0. The molecule has 0 saturated heterocycles. The molecule has 54 heavy (non-hydrogen) atoms. The molecule has 0 aliphatic heterocycles. The molecule has 0 unspecified atom stereocenters. The number of benzene rings is 7. The third-order valence-electron chi connectivity index (χ3n) is 9.06. The molecule has 0 amide bonds. The molecule has 7 aromatic rings. The summed E-state index contributed by atoms with van der Waals surface area (Å²) in [6.45, 7) is 0. The van der Waals surface area contributed by atoms with Gasteiger partial charge in [0.2, 0.25) is 0 Å². The quantitative estimate of drug-likeness (QED) is 0.0979. The Balaban J connectivity index is 1.13. The first kappa shape index (κ1) is 35.6. The van der Waals surface area contributed by atoms with Gasteiger partial charge in [0.25, 0.3) is 0 Å². The van der Waals surface area contributed by atoms with Crippen LogP contribution in [0.3, 0.4) is 0 Å². The van der Waals surface area contributed by atoms with E-state index in [1.165, 1.54) is 48.5 Å². The van der Waals surface area contributed by atoms with Gasteiger partial charge in [0.1, 0.15) is 23.3 Å². The summed E-state index contributed by atoms with van der Waals surface area (Å²) < 4.78 is 55.1. The molecule has 0 heterocycles. The Morgan fingerprint density at radius 2 is 0.537 bits per heavy atom. The molecule has 0 nitrogen and oxygen atoms in total. The maximum Gasteiger partial charge on any atom is 0.123 e. The van der Waals surface area contributed by atoms with Crippen molar-refractivity contribution in [3.63, 3.8) is 0 Å². The summed E-state index contributed by atoms with van der Waals surface area (Å²) in [7, 11) is 0. The van der Waals surface area contributed by atoms with Crippen molar-refractivity contribution in [2.45, 2.75) is 0 Å². The summed E-state index contributed by atoms with van der Waals surface area (Å²) in [5, 5.41) is 0. The number of halogens is 4. The Bertz CT molecular complexity index is 2190. The van der Waals surface area contributed by atoms with Gasteiger partial charge in [0.05, 0.1) is 0 Å². The highest BCUT2D eigenvalue weighted by Gasteiger charge is 2.10. The van der Waals surface area contributed by atoms with E-state index in [-0.39, 0.29) is 23.3 Å². The largest absolute Gasteiger partial charge is 0.207 e. The van der Waals surface area contributed by atoms with E-state index in [1.54, 1.807) is 48.5 Å². The van der Waals surface area contributed by atoms with Crippen molar-refractivity contribution in [1.82, 2.24) is 0 Å². The summed E-state index contributed by atoms with van der Waals surface area (Å²) in [5.41, 5.74) is 11.0. The average molecular weight is 711 g/mol.